The van der Waals surface area contributed by atoms with E-state index < -0.39 is 0 Å². The van der Waals surface area contributed by atoms with Crippen molar-refractivity contribution in [2.45, 2.75) is 35.0 Å². The van der Waals surface area contributed by atoms with Crippen molar-refractivity contribution < 1.29 is 9.47 Å². The van der Waals surface area contributed by atoms with Gasteiger partial charge in [-0.05, 0) is 46.5 Å². The Balaban J connectivity index is 1.05. The Kier molecular flexibility index (Phi) is 11.2. The molecule has 0 radical (unpaired) electrons. The number of para-hydroxylation sites is 2. The summed E-state index contributed by atoms with van der Waals surface area (Å²) < 4.78 is 16.3. The molecule has 58 heavy (non-hydrogen) atoms. The normalized spacial score (nSPS) is 14.3. The van der Waals surface area contributed by atoms with E-state index in [1.807, 2.05) is 122 Å². The van der Waals surface area contributed by atoms with E-state index in [2.05, 4.69) is 68.9 Å². The zero-order valence-electron chi connectivity index (χ0n) is 31.2. The van der Waals surface area contributed by atoms with Crippen molar-refractivity contribution >= 4 is 36.0 Å². The van der Waals surface area contributed by atoms with Crippen molar-refractivity contribution in [3.63, 3.8) is 0 Å². The molecule has 0 saturated carbocycles. The number of aromatic nitrogens is 6. The zero-order valence-corrected chi connectivity index (χ0v) is 32.8. The van der Waals surface area contributed by atoms with Crippen molar-refractivity contribution in [2.75, 3.05) is 0 Å². The summed E-state index contributed by atoms with van der Waals surface area (Å²) in [4.78, 5) is 0. The van der Waals surface area contributed by atoms with Crippen molar-refractivity contribution in [3.05, 3.63) is 191 Å². The molecular formula is C46H36N8O2S2. The highest BCUT2D eigenvalue weighted by Crippen LogP contribution is 2.30. The molecular weight excluding hydrogens is 761 g/mol. The molecule has 0 unspecified atom stereocenters. The molecule has 0 saturated heterocycles. The van der Waals surface area contributed by atoms with Crippen LogP contribution in [0.2, 0.25) is 0 Å². The van der Waals surface area contributed by atoms with Crippen LogP contribution < -0.4 is 9.47 Å². The summed E-state index contributed by atoms with van der Waals surface area (Å²) >= 11 is 3.17. The largest absolute Gasteiger partial charge is 0.488 e. The van der Waals surface area contributed by atoms with Crippen molar-refractivity contribution in [3.8, 4) is 34.3 Å². The molecule has 284 valence electrons. The van der Waals surface area contributed by atoms with E-state index in [0.29, 0.717) is 46.7 Å². The third-order valence-electron chi connectivity index (χ3n) is 9.32. The average molecular weight is 797 g/mol. The van der Waals surface area contributed by atoms with Gasteiger partial charge in [0.1, 0.15) is 24.7 Å². The fraction of sp³-hybridized carbons (Fsp3) is 0.0870. The molecule has 0 spiro atoms. The predicted octanol–water partition coefficient (Wildman–Crippen LogP) is 10.0. The molecule has 4 aliphatic rings. The van der Waals surface area contributed by atoms with Gasteiger partial charge in [-0.3, -0.25) is 0 Å². The molecule has 10 nitrogen and oxygen atoms in total. The van der Waals surface area contributed by atoms with E-state index in [1.54, 1.807) is 32.9 Å². The molecule has 12 rings (SSSR count). The van der Waals surface area contributed by atoms with Gasteiger partial charge in [-0.15, -0.1) is 20.4 Å². The number of ether oxygens (including phenoxy) is 2. The molecule has 6 heterocycles. The van der Waals surface area contributed by atoms with E-state index >= 15 is 0 Å². The Morgan fingerprint density at radius 1 is 0.397 bits per heavy atom. The first-order valence-corrected chi connectivity index (χ1v) is 20.7. The number of nitrogens with zero attached hydrogens (tertiary/aromatic N) is 8. The van der Waals surface area contributed by atoms with Gasteiger partial charge < -0.3 is 9.47 Å². The molecule has 0 fully saturated rings. The lowest BCUT2D eigenvalue weighted by molar-refractivity contribution is 0.302. The lowest BCUT2D eigenvalue weighted by atomic mass is 10.1. The van der Waals surface area contributed by atoms with Crippen LogP contribution in [-0.4, -0.2) is 42.2 Å². The van der Waals surface area contributed by atoms with Crippen LogP contribution in [0.25, 0.3) is 22.8 Å². The third kappa shape index (κ3) is 8.63. The first kappa shape index (κ1) is 36.9. The second-order valence-corrected chi connectivity index (χ2v) is 15.2. The van der Waals surface area contributed by atoms with Gasteiger partial charge in [-0.25, -0.2) is 0 Å². The minimum atomic E-state index is 0.390. The van der Waals surface area contributed by atoms with Crippen LogP contribution in [-0.2, 0) is 24.7 Å². The predicted molar refractivity (Wildman–Crippen MR) is 230 cm³/mol. The van der Waals surface area contributed by atoms with Gasteiger partial charge in [-0.1, -0.05) is 157 Å². The second-order valence-electron chi connectivity index (χ2n) is 13.3. The second kappa shape index (κ2) is 17.6. The topological polar surface area (TPSA) is 105 Å². The van der Waals surface area contributed by atoms with Crippen LogP contribution in [0, 0.1) is 0 Å². The molecule has 4 bridgehead atoms. The highest BCUT2D eigenvalue weighted by Gasteiger charge is 2.17. The van der Waals surface area contributed by atoms with Crippen LogP contribution >= 0.6 is 23.5 Å². The van der Waals surface area contributed by atoms with E-state index in [-0.39, 0.29) is 0 Å². The standard InChI is InChI=1S/C46H36N8O2S2/c1-3-11-37(12-4-1)43-49-51-45-53(43)47-27-39-15-7-9-17-41(39)55-29-33-19-21-34(22-20-33)30-56-42-18-10-8-16-40(42)28-48-54-44(38-13-5-2-6-14-38)50-52-46(54)58-32-36-25-23-35(24-26-36)31-57-45/h1-28H,29-32H2/b47-27+,48-28+. The third-order valence-corrected chi connectivity index (χ3v) is 11.3. The molecule has 6 aromatic carbocycles. The SMILES string of the molecule is C1=N/n2c(nnc2-c2ccccc2)SCc2ccc(cc2)CSc2nnc(-c3ccccc3)n2/N=C/c2ccccc2OCc2ccc(cc2)COc2ccccc2/1. The van der Waals surface area contributed by atoms with Crippen LogP contribution in [0.1, 0.15) is 33.4 Å². The van der Waals surface area contributed by atoms with Crippen molar-refractivity contribution in [1.82, 2.24) is 29.7 Å². The Bertz CT molecular complexity index is 2490. The number of hydrogen-bond acceptors (Lipinski definition) is 10. The maximum atomic E-state index is 6.35. The van der Waals surface area contributed by atoms with Crippen LogP contribution in [0.15, 0.2) is 178 Å². The maximum Gasteiger partial charge on any atom is 0.212 e. The maximum absolute atomic E-state index is 6.35. The summed E-state index contributed by atoms with van der Waals surface area (Å²) in [5.41, 5.74) is 7.90. The van der Waals surface area contributed by atoms with Gasteiger partial charge in [0.25, 0.3) is 0 Å². The summed E-state index contributed by atoms with van der Waals surface area (Å²) in [5, 5.41) is 29.5. The first-order chi connectivity index (χ1) is 28.7. The smallest absolute Gasteiger partial charge is 0.212 e. The molecule has 0 atom stereocenters. The van der Waals surface area contributed by atoms with Gasteiger partial charge in [0.15, 0.2) is 11.6 Å². The zero-order chi connectivity index (χ0) is 38.9. The van der Waals surface area contributed by atoms with E-state index in [1.165, 1.54) is 0 Å². The van der Waals surface area contributed by atoms with Crippen LogP contribution in [0.5, 0.6) is 11.5 Å². The fourth-order valence-electron chi connectivity index (χ4n) is 6.21. The highest BCUT2D eigenvalue weighted by atomic mass is 32.2. The van der Waals surface area contributed by atoms with E-state index in [9.17, 15) is 0 Å². The minimum Gasteiger partial charge on any atom is -0.488 e. The summed E-state index contributed by atoms with van der Waals surface area (Å²) in [6, 6.07) is 52.6. The number of hydrogen-bond donors (Lipinski definition) is 0. The first-order valence-electron chi connectivity index (χ1n) is 18.7. The van der Waals surface area contributed by atoms with Crippen molar-refractivity contribution in [2.24, 2.45) is 10.2 Å². The Hall–Kier alpha value is -6.76. The molecule has 0 amide bonds. The van der Waals surface area contributed by atoms with Gasteiger partial charge in [0.2, 0.25) is 10.3 Å². The fourth-order valence-corrected chi connectivity index (χ4v) is 7.90. The number of rotatable bonds is 2. The van der Waals surface area contributed by atoms with Gasteiger partial charge in [0, 0.05) is 33.8 Å². The van der Waals surface area contributed by atoms with Crippen LogP contribution in [0.4, 0.5) is 0 Å². The summed E-state index contributed by atoms with van der Waals surface area (Å²) in [7, 11) is 0. The molecule has 12 heteroatoms. The molecule has 0 aliphatic carbocycles. The van der Waals surface area contributed by atoms with Crippen molar-refractivity contribution in [1.29, 1.82) is 0 Å². The average Bonchev–Trinajstić information content (AvgIpc) is 3.90. The van der Waals surface area contributed by atoms with Gasteiger partial charge in [-0.2, -0.15) is 19.6 Å². The molecule has 0 N–H and O–H groups in total. The summed E-state index contributed by atoms with van der Waals surface area (Å²) in [6.07, 6.45) is 3.62. The van der Waals surface area contributed by atoms with Crippen LogP contribution in [0.3, 0.4) is 0 Å². The lowest BCUT2D eigenvalue weighted by Gasteiger charge is -2.11. The lowest BCUT2D eigenvalue weighted by Crippen LogP contribution is -2.02. The minimum absolute atomic E-state index is 0.390. The molecule has 4 aliphatic heterocycles. The Labute approximate surface area is 344 Å². The summed E-state index contributed by atoms with van der Waals surface area (Å²) in [6.45, 7) is 0.781. The molecule has 2 aromatic heterocycles. The van der Waals surface area contributed by atoms with Gasteiger partial charge >= 0.3 is 0 Å². The Morgan fingerprint density at radius 3 is 1.21 bits per heavy atom. The Morgan fingerprint density at radius 2 is 0.776 bits per heavy atom. The number of thioether (sulfide) groups is 2. The van der Waals surface area contributed by atoms with E-state index in [4.69, 9.17) is 19.7 Å². The number of benzene rings is 6. The molecule has 8 aromatic rings. The highest BCUT2D eigenvalue weighted by molar-refractivity contribution is 7.98. The quantitative estimate of drug-likeness (QED) is 0.170. The van der Waals surface area contributed by atoms with E-state index in [0.717, 1.165) is 56.0 Å². The monoisotopic (exact) mass is 796 g/mol. The van der Waals surface area contributed by atoms with Gasteiger partial charge in [0.05, 0.1) is 12.4 Å². The summed E-state index contributed by atoms with van der Waals surface area (Å²) in [5.74, 6) is 4.13.